The zero-order valence-electron chi connectivity index (χ0n) is 12.5. The Balaban J connectivity index is 2.37. The van der Waals surface area contributed by atoms with Crippen molar-refractivity contribution in [2.75, 3.05) is 13.7 Å². The first-order valence-corrected chi connectivity index (χ1v) is 7.01. The Kier molecular flexibility index (Phi) is 5.05. The maximum absolute atomic E-state index is 11.9. The number of H-pyrrole nitrogens is 1. The molecule has 1 heterocycles. The van der Waals surface area contributed by atoms with Crippen molar-refractivity contribution in [3.8, 4) is 11.5 Å². The molecule has 0 fully saturated rings. The monoisotopic (exact) mass is 320 g/mol. The fourth-order valence-electron chi connectivity index (χ4n) is 1.74. The van der Waals surface area contributed by atoms with E-state index >= 15 is 0 Å². The lowest BCUT2D eigenvalue weighted by Gasteiger charge is -2.09. The van der Waals surface area contributed by atoms with Crippen LogP contribution in [0.5, 0.6) is 11.5 Å². The van der Waals surface area contributed by atoms with Crippen molar-refractivity contribution in [3.63, 3.8) is 0 Å². The van der Waals surface area contributed by atoms with Gasteiger partial charge in [0.05, 0.1) is 19.9 Å². The Labute approximate surface area is 132 Å². The molecule has 7 nitrogen and oxygen atoms in total. The molecule has 8 heteroatoms. The number of hydrogen-bond acceptors (Lipinski definition) is 6. The van der Waals surface area contributed by atoms with Gasteiger partial charge in [-0.25, -0.2) is 0 Å². The maximum Gasteiger partial charge on any atom is 0.296 e. The van der Waals surface area contributed by atoms with Crippen LogP contribution in [0.25, 0.3) is 0 Å². The first-order valence-electron chi connectivity index (χ1n) is 6.60. The molecule has 0 bridgehead atoms. The summed E-state index contributed by atoms with van der Waals surface area (Å²) in [7, 11) is 1.56. The molecular weight excluding hydrogens is 304 g/mol. The summed E-state index contributed by atoms with van der Waals surface area (Å²) in [6, 6.07) is 5.36. The van der Waals surface area contributed by atoms with Gasteiger partial charge < -0.3 is 9.47 Å². The van der Waals surface area contributed by atoms with Crippen LogP contribution in [0.1, 0.15) is 18.2 Å². The van der Waals surface area contributed by atoms with Crippen molar-refractivity contribution in [2.24, 2.45) is 5.10 Å². The predicted octanol–water partition coefficient (Wildman–Crippen LogP) is 1.90. The third kappa shape index (κ3) is 3.40. The van der Waals surface area contributed by atoms with Gasteiger partial charge in [0.15, 0.2) is 11.5 Å². The second kappa shape index (κ2) is 6.99. The molecular formula is C14H16N4O3S. The number of nitrogens with one attached hydrogen (secondary N) is 1. The van der Waals surface area contributed by atoms with Crippen LogP contribution in [0.2, 0.25) is 0 Å². The number of hydrogen-bond donors (Lipinski definition) is 1. The SMILES string of the molecule is CCOc1ccc(C=Nn2c(=S)[nH]nc(C)c2=O)cc1OC. The van der Waals surface area contributed by atoms with Gasteiger partial charge in [0.1, 0.15) is 5.69 Å². The lowest BCUT2D eigenvalue weighted by Crippen LogP contribution is -2.22. The Morgan fingerprint density at radius 2 is 2.23 bits per heavy atom. The highest BCUT2D eigenvalue weighted by Crippen LogP contribution is 2.27. The van der Waals surface area contributed by atoms with Gasteiger partial charge in [-0.05, 0) is 49.8 Å². The van der Waals surface area contributed by atoms with Gasteiger partial charge in [-0.1, -0.05) is 0 Å². The van der Waals surface area contributed by atoms with Crippen LogP contribution in [-0.2, 0) is 0 Å². The van der Waals surface area contributed by atoms with E-state index in [2.05, 4.69) is 15.3 Å². The lowest BCUT2D eigenvalue weighted by molar-refractivity contribution is 0.311. The van der Waals surface area contributed by atoms with E-state index in [0.29, 0.717) is 18.1 Å². The molecule has 0 aliphatic rings. The molecule has 0 unspecified atom stereocenters. The molecule has 0 radical (unpaired) electrons. The van der Waals surface area contributed by atoms with Crippen LogP contribution < -0.4 is 15.0 Å². The molecule has 1 aromatic heterocycles. The second-order valence-electron chi connectivity index (χ2n) is 4.32. The molecule has 1 N–H and O–H groups in total. The molecule has 0 aliphatic heterocycles. The fourth-order valence-corrected chi connectivity index (χ4v) is 1.92. The molecule has 116 valence electrons. The summed E-state index contributed by atoms with van der Waals surface area (Å²) in [4.78, 5) is 11.9. The first-order chi connectivity index (χ1) is 10.6. The van der Waals surface area contributed by atoms with Gasteiger partial charge in [0, 0.05) is 0 Å². The van der Waals surface area contributed by atoms with E-state index < -0.39 is 0 Å². The van der Waals surface area contributed by atoms with Crippen LogP contribution in [0.15, 0.2) is 28.1 Å². The highest BCUT2D eigenvalue weighted by atomic mass is 32.1. The predicted molar refractivity (Wildman–Crippen MR) is 85.6 cm³/mol. The zero-order valence-corrected chi connectivity index (χ0v) is 13.3. The number of aryl methyl sites for hydroxylation is 1. The summed E-state index contributed by atoms with van der Waals surface area (Å²) in [6.45, 7) is 4.03. The van der Waals surface area contributed by atoms with Crippen LogP contribution in [0.4, 0.5) is 0 Å². The van der Waals surface area contributed by atoms with E-state index in [0.717, 1.165) is 10.2 Å². The quantitative estimate of drug-likeness (QED) is 0.672. The number of aromatic nitrogens is 3. The number of nitrogens with zero attached hydrogens (tertiary/aromatic N) is 3. The van der Waals surface area contributed by atoms with E-state index in [1.807, 2.05) is 13.0 Å². The minimum Gasteiger partial charge on any atom is -0.493 e. The van der Waals surface area contributed by atoms with Crippen molar-refractivity contribution in [1.29, 1.82) is 0 Å². The van der Waals surface area contributed by atoms with Gasteiger partial charge in [-0.15, -0.1) is 0 Å². The van der Waals surface area contributed by atoms with Crippen LogP contribution in [0.3, 0.4) is 0 Å². The van der Waals surface area contributed by atoms with Crippen molar-refractivity contribution in [1.82, 2.24) is 14.9 Å². The van der Waals surface area contributed by atoms with Crippen molar-refractivity contribution >= 4 is 18.4 Å². The van der Waals surface area contributed by atoms with E-state index in [9.17, 15) is 4.79 Å². The third-order valence-electron chi connectivity index (χ3n) is 2.82. The number of methoxy groups -OCH3 is 1. The summed E-state index contributed by atoms with van der Waals surface area (Å²) in [5.74, 6) is 1.24. The van der Waals surface area contributed by atoms with E-state index in [-0.39, 0.29) is 16.0 Å². The lowest BCUT2D eigenvalue weighted by atomic mass is 10.2. The van der Waals surface area contributed by atoms with E-state index in [1.54, 1.807) is 26.2 Å². The summed E-state index contributed by atoms with van der Waals surface area (Å²) in [5.41, 5.74) is 0.670. The normalized spacial score (nSPS) is 10.9. The zero-order chi connectivity index (χ0) is 16.1. The van der Waals surface area contributed by atoms with Gasteiger partial charge in [0.2, 0.25) is 4.77 Å². The molecule has 0 aliphatic carbocycles. The number of benzene rings is 1. The molecule has 0 saturated carbocycles. The minimum absolute atomic E-state index is 0.129. The Morgan fingerprint density at radius 3 is 2.91 bits per heavy atom. The smallest absolute Gasteiger partial charge is 0.296 e. The molecule has 0 spiro atoms. The van der Waals surface area contributed by atoms with Gasteiger partial charge in [0.25, 0.3) is 5.56 Å². The van der Waals surface area contributed by atoms with Gasteiger partial charge in [-0.3, -0.25) is 9.89 Å². The third-order valence-corrected chi connectivity index (χ3v) is 3.09. The standard InChI is InChI=1S/C14H16N4O3S/c1-4-21-11-6-5-10(7-12(11)20-3)8-15-18-13(19)9(2)16-17-14(18)22/h5-8H,4H2,1-3H3,(H,17,22). The van der Waals surface area contributed by atoms with Gasteiger partial charge in [-0.2, -0.15) is 14.9 Å². The first kappa shape index (κ1) is 15.9. The molecule has 22 heavy (non-hydrogen) atoms. The molecule has 0 saturated heterocycles. The minimum atomic E-state index is -0.363. The fraction of sp³-hybridized carbons (Fsp3) is 0.286. The van der Waals surface area contributed by atoms with Crippen LogP contribution in [-0.4, -0.2) is 34.8 Å². The molecule has 0 amide bonds. The summed E-state index contributed by atoms with van der Waals surface area (Å²) in [6.07, 6.45) is 1.52. The largest absolute Gasteiger partial charge is 0.493 e. The van der Waals surface area contributed by atoms with Crippen molar-refractivity contribution < 1.29 is 9.47 Å². The summed E-state index contributed by atoms with van der Waals surface area (Å²) < 4.78 is 11.9. The highest BCUT2D eigenvalue weighted by molar-refractivity contribution is 7.71. The molecule has 0 atom stereocenters. The van der Waals surface area contributed by atoms with Crippen LogP contribution in [0, 0.1) is 11.7 Å². The number of ether oxygens (including phenoxy) is 2. The molecule has 2 rings (SSSR count). The molecule has 1 aromatic carbocycles. The highest BCUT2D eigenvalue weighted by Gasteiger charge is 2.05. The molecule has 2 aromatic rings. The average Bonchev–Trinajstić information content (AvgIpc) is 2.52. The Bertz CT molecular complexity index is 810. The number of rotatable bonds is 5. The Hall–Kier alpha value is -2.48. The second-order valence-corrected chi connectivity index (χ2v) is 4.71. The maximum atomic E-state index is 11.9. The average molecular weight is 320 g/mol. The van der Waals surface area contributed by atoms with E-state index in [1.165, 1.54) is 6.21 Å². The summed E-state index contributed by atoms with van der Waals surface area (Å²) >= 11 is 5.00. The topological polar surface area (TPSA) is 81.5 Å². The van der Waals surface area contributed by atoms with Crippen molar-refractivity contribution in [2.45, 2.75) is 13.8 Å². The number of aromatic amines is 1. The van der Waals surface area contributed by atoms with Gasteiger partial charge >= 0.3 is 0 Å². The van der Waals surface area contributed by atoms with Crippen molar-refractivity contribution in [3.05, 3.63) is 44.6 Å². The Morgan fingerprint density at radius 1 is 1.45 bits per heavy atom. The van der Waals surface area contributed by atoms with Crippen LogP contribution >= 0.6 is 12.2 Å². The van der Waals surface area contributed by atoms with E-state index in [4.69, 9.17) is 21.7 Å². The summed E-state index contributed by atoms with van der Waals surface area (Å²) in [5, 5.41) is 10.4.